The van der Waals surface area contributed by atoms with Gasteiger partial charge < -0.3 is 0 Å². The van der Waals surface area contributed by atoms with Crippen LogP contribution in [0.4, 0.5) is 0 Å². The van der Waals surface area contributed by atoms with E-state index in [1.807, 2.05) is 5.57 Å². The molecule has 1 fully saturated rings. The Bertz CT molecular complexity index is 496. The normalized spacial score (nSPS) is 37.0. The molecule has 0 aliphatic heterocycles. The summed E-state index contributed by atoms with van der Waals surface area (Å²) in [5, 5.41) is 0.569. The summed E-state index contributed by atoms with van der Waals surface area (Å²) in [6.07, 6.45) is 26.5. The second kappa shape index (κ2) is 7.17. The minimum Gasteiger partial charge on any atom is -0.0840 e. The van der Waals surface area contributed by atoms with Gasteiger partial charge in [-0.3, -0.25) is 0 Å². The summed E-state index contributed by atoms with van der Waals surface area (Å²) in [6, 6.07) is 0. The molecule has 0 aromatic heterocycles. The number of rotatable bonds is 6. The molecule has 0 amide bonds. The summed E-state index contributed by atoms with van der Waals surface area (Å²) < 4.78 is 0. The highest BCUT2D eigenvalue weighted by Gasteiger charge is 2.41. The van der Waals surface area contributed by atoms with Crippen molar-refractivity contribution in [3.8, 4) is 0 Å². The first kappa shape index (κ1) is 16.0. The number of unbranched alkanes of at least 4 members (excludes halogenated alkanes) is 2. The lowest BCUT2D eigenvalue weighted by Gasteiger charge is -2.36. The first-order valence-electron chi connectivity index (χ1n) is 9.45. The zero-order valence-electron chi connectivity index (χ0n) is 14.4. The molecule has 22 heavy (non-hydrogen) atoms. The Labute approximate surface area is 139 Å². The van der Waals surface area contributed by atoms with E-state index in [0.29, 0.717) is 5.04 Å². The molecular weight excluding hydrogens is 280 g/mol. The second-order valence-electron chi connectivity index (χ2n) is 7.86. The van der Waals surface area contributed by atoms with Crippen LogP contribution in [0.15, 0.2) is 48.1 Å². The average Bonchev–Trinajstić information content (AvgIpc) is 2.85. The number of hydrogen-bond donors (Lipinski definition) is 0. The van der Waals surface area contributed by atoms with Crippen LogP contribution in [0.3, 0.4) is 0 Å². The maximum atomic E-state index is 2.61. The molecule has 3 rings (SSSR count). The van der Waals surface area contributed by atoms with Crippen LogP contribution in [0.5, 0.6) is 0 Å². The van der Waals surface area contributed by atoms with Crippen molar-refractivity contribution in [2.45, 2.75) is 69.4 Å². The molecule has 0 saturated heterocycles. The zero-order valence-corrected chi connectivity index (χ0v) is 15.8. The fraction of sp³-hybridized carbons (Fsp3) is 0.619. The van der Waals surface area contributed by atoms with Crippen molar-refractivity contribution in [3.63, 3.8) is 0 Å². The highest BCUT2D eigenvalue weighted by molar-refractivity contribution is 6.44. The van der Waals surface area contributed by atoms with Gasteiger partial charge in [-0.25, -0.2) is 0 Å². The van der Waals surface area contributed by atoms with Gasteiger partial charge in [0, 0.05) is 9.52 Å². The summed E-state index contributed by atoms with van der Waals surface area (Å²) in [7, 11) is -0.146. The van der Waals surface area contributed by atoms with E-state index in [-0.39, 0.29) is 9.52 Å². The molecule has 0 spiro atoms. The zero-order chi connectivity index (χ0) is 15.4. The molecule has 0 N–H and O–H groups in total. The predicted octanol–water partition coefficient (Wildman–Crippen LogP) is 5.74. The van der Waals surface area contributed by atoms with Crippen molar-refractivity contribution in [2.75, 3.05) is 0 Å². The van der Waals surface area contributed by atoms with Gasteiger partial charge in [-0.2, -0.15) is 0 Å². The van der Waals surface area contributed by atoms with Gasteiger partial charge in [0.15, 0.2) is 0 Å². The average molecular weight is 313 g/mol. The predicted molar refractivity (Wildman–Crippen MR) is 101 cm³/mol. The molecule has 0 bridgehead atoms. The van der Waals surface area contributed by atoms with Crippen molar-refractivity contribution >= 4 is 9.52 Å². The maximum absolute atomic E-state index is 2.61. The molecule has 3 aliphatic carbocycles. The summed E-state index contributed by atoms with van der Waals surface area (Å²) in [5.41, 5.74) is 2.78. The van der Waals surface area contributed by atoms with Gasteiger partial charge in [0.1, 0.15) is 0 Å². The quantitative estimate of drug-likeness (QED) is 0.433. The number of fused-ring (bicyclic) bond motifs is 1. The monoisotopic (exact) mass is 312 g/mol. The fourth-order valence-electron chi connectivity index (χ4n) is 4.93. The van der Waals surface area contributed by atoms with Gasteiger partial charge >= 0.3 is 0 Å². The Morgan fingerprint density at radius 2 is 2.09 bits per heavy atom. The van der Waals surface area contributed by atoms with E-state index in [9.17, 15) is 0 Å². The van der Waals surface area contributed by atoms with Crippen molar-refractivity contribution in [1.82, 2.24) is 0 Å². The molecule has 0 aromatic carbocycles. The van der Waals surface area contributed by atoms with Crippen molar-refractivity contribution in [1.29, 1.82) is 0 Å². The van der Waals surface area contributed by atoms with E-state index in [4.69, 9.17) is 0 Å². The van der Waals surface area contributed by atoms with Crippen molar-refractivity contribution in [3.05, 3.63) is 48.1 Å². The minimum atomic E-state index is -0.146. The summed E-state index contributed by atoms with van der Waals surface area (Å²) in [4.78, 5) is 0. The van der Waals surface area contributed by atoms with Crippen LogP contribution in [0, 0.1) is 11.8 Å². The Morgan fingerprint density at radius 1 is 1.18 bits per heavy atom. The second-order valence-corrected chi connectivity index (χ2v) is 10.6. The lowest BCUT2D eigenvalue weighted by Crippen LogP contribution is -2.25. The van der Waals surface area contributed by atoms with Crippen molar-refractivity contribution in [2.24, 2.45) is 11.8 Å². The highest BCUT2D eigenvalue weighted by Crippen LogP contribution is 2.53. The lowest BCUT2D eigenvalue weighted by atomic mass is 9.93. The molecular formula is C21H32Si. The standard InChI is InChI=1S/C21H32Si/c1-3-4-8-13-21(14-9-5-10-15-21)22-20-17(2)16-18-11-6-7-12-19(18)20/h5-7,9-10,12,14,17-18,20H,3-4,8,11,13,15-16,22H2,1-2H3. The molecule has 4 atom stereocenters. The Kier molecular flexibility index (Phi) is 5.23. The number of allylic oxidation sites excluding steroid dienone is 8. The largest absolute Gasteiger partial charge is 0.0840 e. The van der Waals surface area contributed by atoms with E-state index in [0.717, 1.165) is 17.4 Å². The van der Waals surface area contributed by atoms with Gasteiger partial charge in [0.25, 0.3) is 0 Å². The van der Waals surface area contributed by atoms with E-state index in [2.05, 4.69) is 56.4 Å². The molecule has 0 radical (unpaired) electrons. The van der Waals surface area contributed by atoms with E-state index >= 15 is 0 Å². The van der Waals surface area contributed by atoms with Crippen LogP contribution >= 0.6 is 0 Å². The van der Waals surface area contributed by atoms with Crippen LogP contribution in [0.1, 0.15) is 58.8 Å². The fourth-order valence-corrected chi connectivity index (χ4v) is 8.16. The topological polar surface area (TPSA) is 0 Å². The lowest BCUT2D eigenvalue weighted by molar-refractivity contribution is 0.521. The first-order valence-corrected chi connectivity index (χ1v) is 11.0. The van der Waals surface area contributed by atoms with Crippen molar-refractivity contribution < 1.29 is 0 Å². The van der Waals surface area contributed by atoms with Crippen LogP contribution in [-0.2, 0) is 0 Å². The van der Waals surface area contributed by atoms with Gasteiger partial charge in [0.2, 0.25) is 0 Å². The van der Waals surface area contributed by atoms with Gasteiger partial charge in [-0.1, -0.05) is 81.2 Å². The van der Waals surface area contributed by atoms with Crippen LogP contribution < -0.4 is 0 Å². The summed E-state index contributed by atoms with van der Waals surface area (Å²) >= 11 is 0. The molecule has 0 nitrogen and oxygen atoms in total. The van der Waals surface area contributed by atoms with Gasteiger partial charge in [0.05, 0.1) is 0 Å². The van der Waals surface area contributed by atoms with E-state index in [1.165, 1.54) is 44.9 Å². The maximum Gasteiger partial charge on any atom is 0.0407 e. The molecule has 3 aliphatic rings. The molecule has 1 heteroatoms. The van der Waals surface area contributed by atoms with Crippen LogP contribution in [-0.4, -0.2) is 9.52 Å². The number of hydrogen-bond acceptors (Lipinski definition) is 0. The van der Waals surface area contributed by atoms with E-state index in [1.54, 1.807) is 0 Å². The Balaban J connectivity index is 1.75. The SMILES string of the molecule is CCCCCC1([SiH2]C2C3=CC=CCC3CC2C)C=CC=CC1. The first-order chi connectivity index (χ1) is 10.7. The van der Waals surface area contributed by atoms with Crippen LogP contribution in [0.2, 0.25) is 10.6 Å². The smallest absolute Gasteiger partial charge is 0.0407 e. The molecule has 1 saturated carbocycles. The summed E-state index contributed by atoms with van der Waals surface area (Å²) in [6.45, 7) is 4.85. The Morgan fingerprint density at radius 3 is 2.86 bits per heavy atom. The molecule has 4 unspecified atom stereocenters. The van der Waals surface area contributed by atoms with E-state index < -0.39 is 0 Å². The third-order valence-electron chi connectivity index (χ3n) is 6.21. The third-order valence-corrected chi connectivity index (χ3v) is 9.62. The summed E-state index contributed by atoms with van der Waals surface area (Å²) in [5.74, 6) is 1.80. The van der Waals surface area contributed by atoms with Crippen LogP contribution in [0.25, 0.3) is 0 Å². The molecule has 0 heterocycles. The van der Waals surface area contributed by atoms with Gasteiger partial charge in [-0.05, 0) is 48.1 Å². The highest BCUT2D eigenvalue weighted by atomic mass is 28.2. The minimum absolute atomic E-state index is 0.146. The molecule has 120 valence electrons. The third kappa shape index (κ3) is 3.40. The Hall–Kier alpha value is -0.823. The van der Waals surface area contributed by atoms with Gasteiger partial charge in [-0.15, -0.1) is 0 Å². The molecule has 0 aromatic rings.